The third-order valence-corrected chi connectivity index (χ3v) is 4.74. The number of morpholine rings is 1. The Morgan fingerprint density at radius 1 is 1.07 bits per heavy atom. The molecule has 2 aromatic carbocycles. The summed E-state index contributed by atoms with van der Waals surface area (Å²) < 4.78 is 6.17. The number of ether oxygens (including phenoxy) is 1. The molecule has 0 aliphatic carbocycles. The van der Waals surface area contributed by atoms with Gasteiger partial charge in [-0.05, 0) is 35.9 Å². The van der Waals surface area contributed by atoms with E-state index in [4.69, 9.17) is 4.74 Å². The van der Waals surface area contributed by atoms with Crippen LogP contribution in [0.4, 0.5) is 5.69 Å². The van der Waals surface area contributed by atoms with Crippen LogP contribution < -0.4 is 10.6 Å². The molecule has 1 aliphatic rings. The van der Waals surface area contributed by atoms with Crippen molar-refractivity contribution in [3.63, 3.8) is 0 Å². The van der Waals surface area contributed by atoms with Crippen molar-refractivity contribution < 1.29 is 14.3 Å². The van der Waals surface area contributed by atoms with E-state index in [9.17, 15) is 9.59 Å². The Hall–Kier alpha value is -2.22. The molecule has 1 fully saturated rings. The fourth-order valence-electron chi connectivity index (χ4n) is 2.81. The molecular weight excluding hydrogens is 410 g/mol. The van der Waals surface area contributed by atoms with Crippen LogP contribution in [0, 0.1) is 0 Å². The van der Waals surface area contributed by atoms with Crippen molar-refractivity contribution in [3.8, 4) is 0 Å². The number of carbonyl (C=O) groups excluding carboxylic acids is 2. The smallest absolute Gasteiger partial charge is 0.251 e. The highest BCUT2D eigenvalue weighted by molar-refractivity contribution is 9.10. The van der Waals surface area contributed by atoms with Gasteiger partial charge in [-0.2, -0.15) is 0 Å². The Morgan fingerprint density at radius 2 is 1.81 bits per heavy atom. The summed E-state index contributed by atoms with van der Waals surface area (Å²) in [6, 6.07) is 14.8. The largest absolute Gasteiger partial charge is 0.379 e. The van der Waals surface area contributed by atoms with Crippen molar-refractivity contribution in [2.24, 2.45) is 0 Å². The molecule has 27 heavy (non-hydrogen) atoms. The predicted molar refractivity (Wildman–Crippen MR) is 108 cm³/mol. The molecular formula is C20H22BrN3O3. The number of anilines is 1. The lowest BCUT2D eigenvalue weighted by atomic mass is 10.2. The Morgan fingerprint density at radius 3 is 2.52 bits per heavy atom. The van der Waals surface area contributed by atoms with Crippen molar-refractivity contribution in [1.82, 2.24) is 10.2 Å². The van der Waals surface area contributed by atoms with Crippen LogP contribution in [0.1, 0.15) is 15.9 Å². The quantitative estimate of drug-likeness (QED) is 0.737. The molecule has 3 rings (SSSR count). The number of carbonyl (C=O) groups is 2. The molecule has 2 aromatic rings. The zero-order valence-corrected chi connectivity index (χ0v) is 16.5. The first-order valence-electron chi connectivity index (χ1n) is 8.83. The molecule has 1 saturated heterocycles. The number of benzene rings is 2. The Bertz CT molecular complexity index is 789. The van der Waals surface area contributed by atoms with Crippen LogP contribution in [0.15, 0.2) is 53.0 Å². The van der Waals surface area contributed by atoms with Crippen molar-refractivity contribution in [1.29, 1.82) is 0 Å². The van der Waals surface area contributed by atoms with Crippen molar-refractivity contribution in [3.05, 3.63) is 64.1 Å². The van der Waals surface area contributed by atoms with Gasteiger partial charge < -0.3 is 15.4 Å². The summed E-state index contributed by atoms with van der Waals surface area (Å²) in [4.78, 5) is 26.5. The summed E-state index contributed by atoms with van der Waals surface area (Å²) in [5.41, 5.74) is 2.41. The normalized spacial score (nSPS) is 14.6. The highest BCUT2D eigenvalue weighted by atomic mass is 79.9. The molecule has 1 aliphatic heterocycles. The summed E-state index contributed by atoms with van der Waals surface area (Å²) in [6.45, 7) is 4.23. The van der Waals surface area contributed by atoms with E-state index in [1.54, 1.807) is 18.2 Å². The monoisotopic (exact) mass is 431 g/mol. The van der Waals surface area contributed by atoms with Crippen molar-refractivity contribution >= 4 is 33.4 Å². The first-order chi connectivity index (χ1) is 13.1. The van der Waals surface area contributed by atoms with E-state index in [0.29, 0.717) is 11.3 Å². The van der Waals surface area contributed by atoms with Crippen molar-refractivity contribution in [2.45, 2.75) is 6.54 Å². The SMILES string of the molecule is O=C(CNC(=O)c1cccc(Br)c1)Nc1ccc(CN2CCOCC2)cc1. The average Bonchev–Trinajstić information content (AvgIpc) is 2.68. The molecule has 6 nitrogen and oxygen atoms in total. The third-order valence-electron chi connectivity index (χ3n) is 4.24. The zero-order valence-electron chi connectivity index (χ0n) is 14.9. The van der Waals surface area contributed by atoms with Gasteiger partial charge in [-0.25, -0.2) is 0 Å². The Kier molecular flexibility index (Phi) is 6.98. The number of rotatable bonds is 6. The van der Waals surface area contributed by atoms with Crippen LogP contribution in [-0.4, -0.2) is 49.6 Å². The fraction of sp³-hybridized carbons (Fsp3) is 0.300. The topological polar surface area (TPSA) is 70.7 Å². The zero-order chi connectivity index (χ0) is 19.1. The lowest BCUT2D eigenvalue weighted by Crippen LogP contribution is -2.35. The summed E-state index contributed by atoms with van der Waals surface area (Å²) in [5.74, 6) is -0.549. The number of nitrogens with zero attached hydrogens (tertiary/aromatic N) is 1. The Labute approximate surface area is 167 Å². The molecule has 0 unspecified atom stereocenters. The number of hydrogen-bond acceptors (Lipinski definition) is 4. The van der Waals surface area contributed by atoms with Gasteiger partial charge in [0.25, 0.3) is 5.91 Å². The summed E-state index contributed by atoms with van der Waals surface area (Å²) in [5, 5.41) is 5.42. The predicted octanol–water partition coefficient (Wildman–Crippen LogP) is 2.65. The second-order valence-corrected chi connectivity index (χ2v) is 7.24. The van der Waals surface area contributed by atoms with Crippen LogP contribution in [0.25, 0.3) is 0 Å². The van der Waals surface area contributed by atoms with Gasteiger partial charge in [0.2, 0.25) is 5.91 Å². The van der Waals surface area contributed by atoms with Crippen molar-refractivity contribution in [2.75, 3.05) is 38.2 Å². The van der Waals surface area contributed by atoms with Gasteiger partial charge in [0.05, 0.1) is 19.8 Å². The molecule has 2 N–H and O–H groups in total. The highest BCUT2D eigenvalue weighted by Crippen LogP contribution is 2.13. The van der Waals surface area contributed by atoms with Crippen LogP contribution in [0.3, 0.4) is 0 Å². The molecule has 0 atom stereocenters. The van der Waals surface area contributed by atoms with Gasteiger partial charge >= 0.3 is 0 Å². The van der Waals surface area contributed by atoms with Gasteiger partial charge in [0.1, 0.15) is 0 Å². The van der Waals surface area contributed by atoms with Gasteiger partial charge in [-0.3, -0.25) is 14.5 Å². The van der Waals surface area contributed by atoms with Crippen LogP contribution in [0.2, 0.25) is 0 Å². The molecule has 0 bridgehead atoms. The number of halogens is 1. The van der Waals surface area contributed by atoms with E-state index in [1.165, 1.54) is 5.56 Å². The molecule has 7 heteroatoms. The standard InChI is InChI=1S/C20H22BrN3O3/c21-17-3-1-2-16(12-17)20(26)22-13-19(25)23-18-6-4-15(5-7-18)14-24-8-10-27-11-9-24/h1-7,12H,8-11,13-14H2,(H,22,26)(H,23,25). The number of nitrogens with one attached hydrogen (secondary N) is 2. The maximum Gasteiger partial charge on any atom is 0.251 e. The van der Waals surface area contributed by atoms with Crippen LogP contribution >= 0.6 is 15.9 Å². The molecule has 1 heterocycles. The second-order valence-electron chi connectivity index (χ2n) is 6.33. The lowest BCUT2D eigenvalue weighted by molar-refractivity contribution is -0.115. The first kappa shape index (κ1) is 19.5. The van der Waals surface area contributed by atoms with Gasteiger partial charge in [-0.15, -0.1) is 0 Å². The van der Waals surface area contributed by atoms with E-state index in [1.807, 2.05) is 30.3 Å². The van der Waals surface area contributed by atoms with Crippen LogP contribution in [0.5, 0.6) is 0 Å². The summed E-state index contributed by atoms with van der Waals surface area (Å²) in [7, 11) is 0. The van der Waals surface area contributed by atoms with Gasteiger partial charge in [0, 0.05) is 35.4 Å². The Balaban J connectivity index is 1.45. The molecule has 142 valence electrons. The van der Waals surface area contributed by atoms with E-state index in [-0.39, 0.29) is 18.4 Å². The summed E-state index contributed by atoms with van der Waals surface area (Å²) in [6.07, 6.45) is 0. The second kappa shape index (κ2) is 9.64. The molecule has 0 radical (unpaired) electrons. The fourth-order valence-corrected chi connectivity index (χ4v) is 3.21. The van der Waals surface area contributed by atoms with E-state index in [0.717, 1.165) is 37.3 Å². The number of amides is 2. The molecule has 0 aromatic heterocycles. The first-order valence-corrected chi connectivity index (χ1v) is 9.62. The minimum absolute atomic E-state index is 0.0825. The van der Waals surface area contributed by atoms with Gasteiger partial charge in [0.15, 0.2) is 0 Å². The lowest BCUT2D eigenvalue weighted by Gasteiger charge is -2.26. The summed E-state index contributed by atoms with van der Waals surface area (Å²) >= 11 is 3.32. The molecule has 2 amide bonds. The molecule has 0 spiro atoms. The minimum Gasteiger partial charge on any atom is -0.379 e. The minimum atomic E-state index is -0.285. The van der Waals surface area contributed by atoms with E-state index >= 15 is 0 Å². The highest BCUT2D eigenvalue weighted by Gasteiger charge is 2.11. The average molecular weight is 432 g/mol. The van der Waals surface area contributed by atoms with Gasteiger partial charge in [-0.1, -0.05) is 34.1 Å². The van der Waals surface area contributed by atoms with E-state index < -0.39 is 0 Å². The maximum absolute atomic E-state index is 12.1. The third kappa shape index (κ3) is 6.16. The maximum atomic E-state index is 12.1. The van der Waals surface area contributed by atoms with E-state index in [2.05, 4.69) is 31.5 Å². The molecule has 0 saturated carbocycles. The van der Waals surface area contributed by atoms with Crippen LogP contribution in [-0.2, 0) is 16.1 Å². The number of hydrogen-bond donors (Lipinski definition) is 2.